The molecule has 160 valence electrons. The Kier molecular flexibility index (Phi) is 7.10. The molecule has 1 N–H and O–H groups in total. The maximum atomic E-state index is 12.7. The van der Waals surface area contributed by atoms with Crippen molar-refractivity contribution < 1.29 is 14.3 Å². The second kappa shape index (κ2) is 9.75. The standard InChI is InChI=1S/C22H27N3O4S/c1-5-28-18-8-7-16(12-19(18)29-6-2)9-10-23-20(26)13-25-15(4)24-21-17(22(25)27)11-14(3)30-21/h7-8,11-12H,5-6,9-10,13H2,1-4H3,(H,23,26). The molecule has 30 heavy (non-hydrogen) atoms. The van der Waals surface area contributed by atoms with E-state index in [2.05, 4.69) is 10.3 Å². The fourth-order valence-corrected chi connectivity index (χ4v) is 4.14. The zero-order valence-corrected chi connectivity index (χ0v) is 18.6. The summed E-state index contributed by atoms with van der Waals surface area (Å²) in [5.74, 6) is 1.74. The van der Waals surface area contributed by atoms with E-state index in [1.807, 2.05) is 45.0 Å². The normalized spacial score (nSPS) is 10.9. The lowest BCUT2D eigenvalue weighted by atomic mass is 10.1. The van der Waals surface area contributed by atoms with Crippen molar-refractivity contribution in [1.82, 2.24) is 14.9 Å². The number of thiophene rings is 1. The number of carbonyl (C=O) groups excluding carboxylic acids is 1. The smallest absolute Gasteiger partial charge is 0.262 e. The monoisotopic (exact) mass is 429 g/mol. The molecule has 0 atom stereocenters. The zero-order valence-electron chi connectivity index (χ0n) is 17.8. The van der Waals surface area contributed by atoms with E-state index in [0.29, 0.717) is 53.7 Å². The van der Waals surface area contributed by atoms with Crippen molar-refractivity contribution in [2.24, 2.45) is 0 Å². The summed E-state index contributed by atoms with van der Waals surface area (Å²) in [5, 5.41) is 3.45. The number of nitrogens with one attached hydrogen (secondary N) is 1. The highest BCUT2D eigenvalue weighted by atomic mass is 32.1. The van der Waals surface area contributed by atoms with Crippen molar-refractivity contribution in [3.63, 3.8) is 0 Å². The van der Waals surface area contributed by atoms with Crippen LogP contribution in [0.25, 0.3) is 10.2 Å². The maximum Gasteiger partial charge on any atom is 0.262 e. The molecule has 0 bridgehead atoms. The lowest BCUT2D eigenvalue weighted by molar-refractivity contribution is -0.121. The number of carbonyl (C=O) groups is 1. The first-order valence-electron chi connectivity index (χ1n) is 10.1. The Labute approximate surface area is 179 Å². The Morgan fingerprint density at radius 3 is 2.60 bits per heavy atom. The van der Waals surface area contributed by atoms with Crippen molar-refractivity contribution in [3.05, 3.63) is 50.9 Å². The second-order valence-electron chi connectivity index (χ2n) is 6.87. The van der Waals surface area contributed by atoms with Crippen LogP contribution >= 0.6 is 11.3 Å². The molecule has 0 saturated heterocycles. The second-order valence-corrected chi connectivity index (χ2v) is 8.11. The topological polar surface area (TPSA) is 82.5 Å². The molecule has 0 saturated carbocycles. The van der Waals surface area contributed by atoms with Gasteiger partial charge >= 0.3 is 0 Å². The maximum absolute atomic E-state index is 12.7. The van der Waals surface area contributed by atoms with Crippen LogP contribution in [0, 0.1) is 13.8 Å². The molecule has 0 aliphatic carbocycles. The van der Waals surface area contributed by atoms with Gasteiger partial charge in [0.1, 0.15) is 17.2 Å². The van der Waals surface area contributed by atoms with Gasteiger partial charge in [-0.05, 0) is 57.9 Å². The summed E-state index contributed by atoms with van der Waals surface area (Å²) in [6.07, 6.45) is 0.646. The Morgan fingerprint density at radius 1 is 1.13 bits per heavy atom. The number of rotatable bonds is 9. The van der Waals surface area contributed by atoms with Crippen molar-refractivity contribution in [2.75, 3.05) is 19.8 Å². The van der Waals surface area contributed by atoms with Crippen LogP contribution in [0.1, 0.15) is 30.1 Å². The average Bonchev–Trinajstić information content (AvgIpc) is 3.08. The fourth-order valence-electron chi connectivity index (χ4n) is 3.22. The van der Waals surface area contributed by atoms with Crippen molar-refractivity contribution in [2.45, 2.75) is 40.7 Å². The highest BCUT2D eigenvalue weighted by molar-refractivity contribution is 7.18. The molecule has 0 radical (unpaired) electrons. The summed E-state index contributed by atoms with van der Waals surface area (Å²) < 4.78 is 12.6. The van der Waals surface area contributed by atoms with Gasteiger partial charge in [-0.25, -0.2) is 4.98 Å². The first-order valence-corrected chi connectivity index (χ1v) is 10.9. The van der Waals surface area contributed by atoms with Gasteiger partial charge in [0.25, 0.3) is 5.56 Å². The molecule has 1 amide bonds. The predicted octanol–water partition coefficient (Wildman–Crippen LogP) is 3.23. The number of aromatic nitrogens is 2. The van der Waals surface area contributed by atoms with Crippen LogP contribution < -0.4 is 20.3 Å². The molecule has 7 nitrogen and oxygen atoms in total. The van der Waals surface area contributed by atoms with E-state index in [1.54, 1.807) is 6.92 Å². The number of amides is 1. The van der Waals surface area contributed by atoms with Crippen molar-refractivity contribution in [1.29, 1.82) is 0 Å². The largest absolute Gasteiger partial charge is 0.490 e. The third-order valence-electron chi connectivity index (χ3n) is 4.61. The summed E-state index contributed by atoms with van der Waals surface area (Å²) in [6, 6.07) is 7.61. The molecule has 8 heteroatoms. The lowest BCUT2D eigenvalue weighted by Gasteiger charge is -2.13. The van der Waals surface area contributed by atoms with E-state index in [9.17, 15) is 9.59 Å². The Morgan fingerprint density at radius 2 is 1.87 bits per heavy atom. The zero-order chi connectivity index (χ0) is 21.7. The molecule has 0 unspecified atom stereocenters. The summed E-state index contributed by atoms with van der Waals surface area (Å²) in [4.78, 5) is 31.3. The van der Waals surface area contributed by atoms with Gasteiger partial charge in [0.15, 0.2) is 11.5 Å². The summed E-state index contributed by atoms with van der Waals surface area (Å²) in [5.41, 5.74) is 0.859. The van der Waals surface area contributed by atoms with Crippen LogP contribution in [0.4, 0.5) is 0 Å². The first kappa shape index (κ1) is 21.8. The number of ether oxygens (including phenoxy) is 2. The predicted molar refractivity (Wildman–Crippen MR) is 119 cm³/mol. The molecular formula is C22H27N3O4S. The van der Waals surface area contributed by atoms with E-state index in [1.165, 1.54) is 15.9 Å². The van der Waals surface area contributed by atoms with E-state index in [0.717, 1.165) is 10.4 Å². The van der Waals surface area contributed by atoms with E-state index in [-0.39, 0.29) is 18.0 Å². The minimum absolute atomic E-state index is 0.0457. The molecule has 2 heterocycles. The third-order valence-corrected chi connectivity index (χ3v) is 5.55. The first-order chi connectivity index (χ1) is 14.4. The molecule has 3 rings (SSSR count). The molecule has 1 aromatic carbocycles. The van der Waals surface area contributed by atoms with E-state index in [4.69, 9.17) is 9.47 Å². The van der Waals surface area contributed by atoms with Gasteiger partial charge < -0.3 is 14.8 Å². The molecule has 0 fully saturated rings. The number of hydrogen-bond donors (Lipinski definition) is 1. The minimum atomic E-state index is -0.218. The van der Waals surface area contributed by atoms with Crippen LogP contribution in [0.5, 0.6) is 11.5 Å². The van der Waals surface area contributed by atoms with Crippen LogP contribution in [0.15, 0.2) is 29.1 Å². The third kappa shape index (κ3) is 4.99. The number of nitrogens with zero attached hydrogens (tertiary/aromatic N) is 2. The molecule has 0 aliphatic heterocycles. The number of benzene rings is 1. The molecule has 0 aliphatic rings. The Bertz CT molecular complexity index is 1100. The molecule has 2 aromatic heterocycles. The minimum Gasteiger partial charge on any atom is -0.490 e. The lowest BCUT2D eigenvalue weighted by Crippen LogP contribution is -2.34. The van der Waals surface area contributed by atoms with E-state index >= 15 is 0 Å². The van der Waals surface area contributed by atoms with Crippen molar-refractivity contribution >= 4 is 27.5 Å². The van der Waals surface area contributed by atoms with Gasteiger partial charge in [0.2, 0.25) is 5.91 Å². The summed E-state index contributed by atoms with van der Waals surface area (Å²) in [7, 11) is 0. The van der Waals surface area contributed by atoms with E-state index < -0.39 is 0 Å². The van der Waals surface area contributed by atoms with Crippen molar-refractivity contribution in [3.8, 4) is 11.5 Å². The highest BCUT2D eigenvalue weighted by Gasteiger charge is 2.13. The summed E-state index contributed by atoms with van der Waals surface area (Å²) >= 11 is 1.48. The van der Waals surface area contributed by atoms with Crippen LogP contribution in [-0.2, 0) is 17.8 Å². The molecular weight excluding hydrogens is 402 g/mol. The fraction of sp³-hybridized carbons (Fsp3) is 0.409. The van der Waals surface area contributed by atoms with Gasteiger partial charge in [-0.15, -0.1) is 11.3 Å². The SMILES string of the molecule is CCOc1ccc(CCNC(=O)Cn2c(C)nc3sc(C)cc3c2=O)cc1OCC. The van der Waals surface area contributed by atoms with Gasteiger partial charge in [-0.2, -0.15) is 0 Å². The number of fused-ring (bicyclic) bond motifs is 1. The Hall–Kier alpha value is -2.87. The van der Waals surface area contributed by atoms with Gasteiger partial charge in [-0.3, -0.25) is 14.2 Å². The van der Waals surface area contributed by atoms with Crippen LogP contribution in [-0.4, -0.2) is 35.2 Å². The molecule has 0 spiro atoms. The highest BCUT2D eigenvalue weighted by Crippen LogP contribution is 2.28. The van der Waals surface area contributed by atoms with Gasteiger partial charge in [-0.1, -0.05) is 6.07 Å². The molecule has 3 aromatic rings. The average molecular weight is 430 g/mol. The number of aryl methyl sites for hydroxylation is 2. The van der Waals surface area contributed by atoms with Crippen LogP contribution in [0.3, 0.4) is 0 Å². The van der Waals surface area contributed by atoms with Crippen LogP contribution in [0.2, 0.25) is 0 Å². The van der Waals surface area contributed by atoms with Gasteiger partial charge in [0.05, 0.1) is 18.6 Å². The number of hydrogen-bond acceptors (Lipinski definition) is 6. The Balaban J connectivity index is 1.62. The quantitative estimate of drug-likeness (QED) is 0.565. The summed E-state index contributed by atoms with van der Waals surface area (Å²) in [6.45, 7) is 9.08. The van der Waals surface area contributed by atoms with Gasteiger partial charge in [0, 0.05) is 11.4 Å².